The van der Waals surface area contributed by atoms with Gasteiger partial charge in [-0.25, -0.2) is 13.1 Å². The number of aryl methyl sites for hydroxylation is 2. The average Bonchev–Trinajstić information content (AvgIpc) is 2.31. The Morgan fingerprint density at radius 1 is 1.29 bits per heavy atom. The number of hydrogen-bond acceptors (Lipinski definition) is 4. The van der Waals surface area contributed by atoms with E-state index in [4.69, 9.17) is 5.11 Å². The van der Waals surface area contributed by atoms with Crippen LogP contribution in [0.25, 0.3) is 0 Å². The number of aliphatic carboxylic acids is 1. The number of carboxylic acids is 1. The number of carbonyl (C=O) groups is 1. The number of hydrogen-bond donors (Lipinski definition) is 3. The Bertz CT molecular complexity index is 650. The highest BCUT2D eigenvalue weighted by atomic mass is 32.2. The van der Waals surface area contributed by atoms with Crippen LogP contribution in [-0.4, -0.2) is 37.2 Å². The first-order chi connectivity index (χ1) is 9.56. The van der Waals surface area contributed by atoms with Crippen molar-refractivity contribution in [3.05, 3.63) is 28.3 Å². The molecule has 0 radical (unpaired) electrons. The van der Waals surface area contributed by atoms with Crippen molar-refractivity contribution < 1.29 is 23.4 Å². The van der Waals surface area contributed by atoms with Crippen molar-refractivity contribution in [2.24, 2.45) is 0 Å². The molecule has 0 heterocycles. The maximum Gasteiger partial charge on any atom is 0.307 e. The highest BCUT2D eigenvalue weighted by Gasteiger charge is 2.23. The highest BCUT2D eigenvalue weighted by Crippen LogP contribution is 2.26. The number of rotatable bonds is 6. The Labute approximate surface area is 124 Å². The molecule has 6 nitrogen and oxygen atoms in total. The largest absolute Gasteiger partial charge is 0.481 e. The molecule has 0 aliphatic carbocycles. The molecule has 21 heavy (non-hydrogen) atoms. The molecule has 118 valence electrons. The Morgan fingerprint density at radius 2 is 1.86 bits per heavy atom. The Balaban J connectivity index is 3.39. The summed E-state index contributed by atoms with van der Waals surface area (Å²) in [6, 6.07) is 1.67. The van der Waals surface area contributed by atoms with Gasteiger partial charge in [-0.2, -0.15) is 0 Å². The molecule has 0 aromatic heterocycles. The summed E-state index contributed by atoms with van der Waals surface area (Å²) in [5.41, 5.74) is 2.25. The first-order valence-corrected chi connectivity index (χ1v) is 8.03. The summed E-state index contributed by atoms with van der Waals surface area (Å²) in [5.74, 6) is -1.01. The first kappa shape index (κ1) is 17.6. The minimum atomic E-state index is -3.79. The Morgan fingerprint density at radius 3 is 2.33 bits per heavy atom. The summed E-state index contributed by atoms with van der Waals surface area (Å²) in [4.78, 5) is 11.0. The summed E-state index contributed by atoms with van der Waals surface area (Å²) in [7, 11) is -3.79. The zero-order valence-corrected chi connectivity index (χ0v) is 13.4. The summed E-state index contributed by atoms with van der Waals surface area (Å²) < 4.78 is 27.0. The van der Waals surface area contributed by atoms with Crippen molar-refractivity contribution in [1.29, 1.82) is 0 Å². The molecule has 1 atom stereocenters. The van der Waals surface area contributed by atoms with Crippen molar-refractivity contribution in [3.63, 3.8) is 0 Å². The first-order valence-electron chi connectivity index (χ1n) is 6.55. The molecule has 3 N–H and O–H groups in total. The third-order valence-corrected chi connectivity index (χ3v) is 4.94. The van der Waals surface area contributed by atoms with E-state index < -0.39 is 22.1 Å². The van der Waals surface area contributed by atoms with Crippen LogP contribution in [-0.2, 0) is 21.2 Å². The van der Waals surface area contributed by atoms with Crippen molar-refractivity contribution in [2.45, 2.75) is 45.1 Å². The Hall–Kier alpha value is -1.44. The molecule has 1 unspecified atom stereocenters. The van der Waals surface area contributed by atoms with Crippen LogP contribution in [0.4, 0.5) is 0 Å². The van der Waals surface area contributed by atoms with E-state index in [2.05, 4.69) is 4.72 Å². The number of benzene rings is 1. The second kappa shape index (κ2) is 6.55. The van der Waals surface area contributed by atoms with Gasteiger partial charge in [-0.05, 0) is 49.9 Å². The van der Waals surface area contributed by atoms with E-state index in [0.717, 1.165) is 5.56 Å². The quantitative estimate of drug-likeness (QED) is 0.723. The lowest BCUT2D eigenvalue weighted by Gasteiger charge is -2.17. The molecule has 1 rings (SSSR count). The third kappa shape index (κ3) is 4.26. The smallest absolute Gasteiger partial charge is 0.307 e. The minimum absolute atomic E-state index is 0.0880. The van der Waals surface area contributed by atoms with Gasteiger partial charge in [-0.3, -0.25) is 4.79 Å². The van der Waals surface area contributed by atoms with Crippen LogP contribution in [0.2, 0.25) is 0 Å². The Kier molecular flexibility index (Phi) is 5.49. The lowest BCUT2D eigenvalue weighted by molar-refractivity contribution is -0.136. The monoisotopic (exact) mass is 315 g/mol. The van der Waals surface area contributed by atoms with E-state index in [1.54, 1.807) is 26.8 Å². The standard InChI is InChI=1S/C14H21NO5S/c1-8-5-9(2)14(11(4)12(8)6-13(17)18)21(19,20)15-7-10(3)16/h5,10,15-16H,6-7H2,1-4H3,(H,17,18). The van der Waals surface area contributed by atoms with Crippen LogP contribution in [0.5, 0.6) is 0 Å². The fourth-order valence-electron chi connectivity index (χ4n) is 2.35. The van der Waals surface area contributed by atoms with E-state index in [1.165, 1.54) is 6.92 Å². The van der Waals surface area contributed by atoms with Crippen LogP contribution in [0.15, 0.2) is 11.0 Å². The van der Waals surface area contributed by atoms with E-state index in [1.807, 2.05) is 0 Å². The van der Waals surface area contributed by atoms with Gasteiger partial charge in [0.05, 0.1) is 17.4 Å². The molecule has 0 spiro atoms. The summed E-state index contributed by atoms with van der Waals surface area (Å²) >= 11 is 0. The molecule has 7 heteroatoms. The van der Waals surface area contributed by atoms with Gasteiger partial charge in [0.1, 0.15) is 0 Å². The summed E-state index contributed by atoms with van der Waals surface area (Å²) in [5, 5.41) is 18.2. The van der Waals surface area contributed by atoms with Crippen LogP contribution in [0.1, 0.15) is 29.2 Å². The van der Waals surface area contributed by atoms with Gasteiger partial charge in [0.2, 0.25) is 10.0 Å². The molecule has 0 amide bonds. The topological polar surface area (TPSA) is 104 Å². The molecule has 0 aliphatic heterocycles. The van der Waals surface area contributed by atoms with Gasteiger partial charge < -0.3 is 10.2 Å². The van der Waals surface area contributed by atoms with Gasteiger partial charge in [0, 0.05) is 6.54 Å². The van der Waals surface area contributed by atoms with Gasteiger partial charge in [0.15, 0.2) is 0 Å². The fraction of sp³-hybridized carbons (Fsp3) is 0.500. The molecular weight excluding hydrogens is 294 g/mol. The van der Waals surface area contributed by atoms with Crippen LogP contribution in [0, 0.1) is 20.8 Å². The van der Waals surface area contributed by atoms with Gasteiger partial charge in [-0.1, -0.05) is 6.07 Å². The SMILES string of the molecule is Cc1cc(C)c(S(=O)(=O)NCC(C)O)c(C)c1CC(=O)O. The molecule has 0 saturated carbocycles. The number of nitrogens with one attached hydrogen (secondary N) is 1. The van der Waals surface area contributed by atoms with Crippen molar-refractivity contribution in [3.8, 4) is 0 Å². The van der Waals surface area contributed by atoms with Crippen molar-refractivity contribution in [1.82, 2.24) is 4.72 Å². The molecule has 1 aromatic rings. The zero-order chi connectivity index (χ0) is 16.4. The predicted octanol–water partition coefficient (Wildman–Crippen LogP) is 0.898. The molecular formula is C14H21NO5S. The minimum Gasteiger partial charge on any atom is -0.481 e. The number of aliphatic hydroxyl groups excluding tert-OH is 1. The lowest BCUT2D eigenvalue weighted by Crippen LogP contribution is -2.32. The molecule has 0 aliphatic rings. The normalized spacial score (nSPS) is 13.2. The summed E-state index contributed by atoms with van der Waals surface area (Å²) in [6.45, 7) is 6.42. The lowest BCUT2D eigenvalue weighted by atomic mass is 9.97. The van der Waals surface area contributed by atoms with Crippen LogP contribution < -0.4 is 4.72 Å². The van der Waals surface area contributed by atoms with Gasteiger partial charge in [-0.15, -0.1) is 0 Å². The maximum absolute atomic E-state index is 12.4. The predicted molar refractivity (Wildman–Crippen MR) is 78.9 cm³/mol. The second-order valence-corrected chi connectivity index (χ2v) is 6.92. The average molecular weight is 315 g/mol. The molecule has 0 saturated heterocycles. The van der Waals surface area contributed by atoms with Gasteiger partial charge >= 0.3 is 5.97 Å². The van der Waals surface area contributed by atoms with E-state index in [-0.39, 0.29) is 17.9 Å². The van der Waals surface area contributed by atoms with Crippen molar-refractivity contribution in [2.75, 3.05) is 6.54 Å². The molecule has 0 fully saturated rings. The van der Waals surface area contributed by atoms with E-state index >= 15 is 0 Å². The fourth-order valence-corrected chi connectivity index (χ4v) is 3.96. The van der Waals surface area contributed by atoms with Crippen LogP contribution in [0.3, 0.4) is 0 Å². The highest BCUT2D eigenvalue weighted by molar-refractivity contribution is 7.89. The van der Waals surface area contributed by atoms with Crippen molar-refractivity contribution >= 4 is 16.0 Å². The second-order valence-electron chi connectivity index (χ2n) is 5.21. The zero-order valence-electron chi connectivity index (χ0n) is 12.6. The summed E-state index contributed by atoms with van der Waals surface area (Å²) in [6.07, 6.45) is -1.03. The van der Waals surface area contributed by atoms with E-state index in [0.29, 0.717) is 16.7 Å². The van der Waals surface area contributed by atoms with E-state index in [9.17, 15) is 18.3 Å². The number of sulfonamides is 1. The molecule has 0 bridgehead atoms. The number of aliphatic hydroxyl groups is 1. The maximum atomic E-state index is 12.4. The molecule has 1 aromatic carbocycles. The van der Waals surface area contributed by atoms with Gasteiger partial charge in [0.25, 0.3) is 0 Å². The van der Waals surface area contributed by atoms with Crippen LogP contribution >= 0.6 is 0 Å². The third-order valence-electron chi connectivity index (χ3n) is 3.23. The number of carboxylic acid groups (broad SMARTS) is 1.